The van der Waals surface area contributed by atoms with Crippen LogP contribution >= 0.6 is 11.6 Å². The van der Waals surface area contributed by atoms with Gasteiger partial charge in [-0.15, -0.1) is 0 Å². The third kappa shape index (κ3) is 3.30. The maximum Gasteiger partial charge on any atom is 0.256 e. The summed E-state index contributed by atoms with van der Waals surface area (Å²) in [6, 6.07) is 10.3. The van der Waals surface area contributed by atoms with Gasteiger partial charge in [-0.2, -0.15) is 0 Å². The molecule has 0 saturated heterocycles. The zero-order chi connectivity index (χ0) is 17.4. The molecule has 2 aromatic rings. The largest absolute Gasteiger partial charge is 0.330 e. The van der Waals surface area contributed by atoms with Gasteiger partial charge in [0.05, 0.1) is 17.8 Å². The van der Waals surface area contributed by atoms with Crippen LogP contribution in [0.25, 0.3) is 0 Å². The minimum atomic E-state index is 0.173. The Kier molecular flexibility index (Phi) is 4.51. The van der Waals surface area contributed by atoms with Crippen LogP contribution in [-0.4, -0.2) is 21.8 Å². The van der Waals surface area contributed by atoms with Crippen molar-refractivity contribution < 1.29 is 4.79 Å². The van der Waals surface area contributed by atoms with E-state index >= 15 is 0 Å². The predicted molar refractivity (Wildman–Crippen MR) is 100.0 cm³/mol. The standard InChI is InChI=1S/C21H23ClN2O/c1-14-16(11-15-7-9-17(22)10-8-15)12-19-20(23-14)13-24(21(19)25)18-5-3-2-4-6-18/h7-10,12,18H,2-6,11,13H2,1H3. The van der Waals surface area contributed by atoms with E-state index in [1.807, 2.05) is 31.2 Å². The fraction of sp³-hybridized carbons (Fsp3) is 0.429. The fourth-order valence-electron chi connectivity index (χ4n) is 4.08. The molecule has 1 fully saturated rings. The molecule has 3 nitrogen and oxygen atoms in total. The van der Waals surface area contributed by atoms with Crippen LogP contribution in [0.1, 0.15) is 65.0 Å². The van der Waals surface area contributed by atoms with Crippen molar-refractivity contribution in [1.82, 2.24) is 9.88 Å². The lowest BCUT2D eigenvalue weighted by molar-refractivity contribution is 0.0659. The Labute approximate surface area is 154 Å². The second kappa shape index (κ2) is 6.80. The average molecular weight is 355 g/mol. The van der Waals surface area contributed by atoms with Crippen molar-refractivity contribution in [3.8, 4) is 0 Å². The minimum Gasteiger partial charge on any atom is -0.330 e. The van der Waals surface area contributed by atoms with Crippen LogP contribution < -0.4 is 0 Å². The second-order valence-corrected chi connectivity index (χ2v) is 7.69. The molecule has 4 rings (SSSR count). The molecular weight excluding hydrogens is 332 g/mol. The molecule has 0 atom stereocenters. The number of halogens is 1. The summed E-state index contributed by atoms with van der Waals surface area (Å²) in [6.45, 7) is 2.72. The summed E-state index contributed by atoms with van der Waals surface area (Å²) in [5.74, 6) is 0.173. The third-order valence-electron chi connectivity index (χ3n) is 5.53. The lowest BCUT2D eigenvalue weighted by atomic mass is 9.94. The number of rotatable bonds is 3. The molecule has 1 aliphatic carbocycles. The van der Waals surface area contributed by atoms with Gasteiger partial charge in [-0.25, -0.2) is 0 Å². The monoisotopic (exact) mass is 354 g/mol. The molecule has 130 valence electrons. The van der Waals surface area contributed by atoms with E-state index in [9.17, 15) is 4.79 Å². The number of hydrogen-bond acceptors (Lipinski definition) is 2. The second-order valence-electron chi connectivity index (χ2n) is 7.26. The van der Waals surface area contributed by atoms with Gasteiger partial charge in [-0.1, -0.05) is 43.0 Å². The molecule has 4 heteroatoms. The molecule has 0 unspecified atom stereocenters. The number of aryl methyl sites for hydroxylation is 1. The van der Waals surface area contributed by atoms with Gasteiger partial charge in [-0.3, -0.25) is 9.78 Å². The zero-order valence-electron chi connectivity index (χ0n) is 14.6. The topological polar surface area (TPSA) is 33.2 Å². The highest BCUT2D eigenvalue weighted by atomic mass is 35.5. The van der Waals surface area contributed by atoms with Gasteiger partial charge in [-0.05, 0) is 55.5 Å². The lowest BCUT2D eigenvalue weighted by Gasteiger charge is -2.30. The summed E-state index contributed by atoms with van der Waals surface area (Å²) >= 11 is 5.97. The number of hydrogen-bond donors (Lipinski definition) is 0. The van der Waals surface area contributed by atoms with E-state index in [2.05, 4.69) is 11.0 Å². The Morgan fingerprint density at radius 2 is 1.88 bits per heavy atom. The molecular formula is C21H23ClN2O. The average Bonchev–Trinajstić information content (AvgIpc) is 2.94. The lowest BCUT2D eigenvalue weighted by Crippen LogP contribution is -2.36. The van der Waals surface area contributed by atoms with E-state index in [4.69, 9.17) is 16.6 Å². The molecule has 25 heavy (non-hydrogen) atoms. The van der Waals surface area contributed by atoms with E-state index in [1.165, 1.54) is 24.8 Å². The van der Waals surface area contributed by atoms with E-state index in [-0.39, 0.29) is 5.91 Å². The number of amides is 1. The maximum atomic E-state index is 12.9. The summed E-state index contributed by atoms with van der Waals surface area (Å²) in [6.07, 6.45) is 6.82. The molecule has 1 aromatic heterocycles. The molecule has 2 heterocycles. The summed E-state index contributed by atoms with van der Waals surface area (Å²) in [5, 5.41) is 0.742. The highest BCUT2D eigenvalue weighted by Gasteiger charge is 2.34. The minimum absolute atomic E-state index is 0.173. The number of nitrogens with zero attached hydrogens (tertiary/aromatic N) is 2. The molecule has 1 amide bonds. The van der Waals surface area contributed by atoms with Gasteiger partial charge < -0.3 is 4.90 Å². The Bertz CT molecular complexity index is 794. The van der Waals surface area contributed by atoms with Gasteiger partial charge in [0, 0.05) is 16.8 Å². The van der Waals surface area contributed by atoms with Gasteiger partial charge in [0.15, 0.2) is 0 Å². The molecule has 0 spiro atoms. The van der Waals surface area contributed by atoms with Gasteiger partial charge in [0.25, 0.3) is 5.91 Å². The molecule has 0 N–H and O–H groups in total. The first-order valence-corrected chi connectivity index (χ1v) is 9.54. The SMILES string of the molecule is Cc1nc2c(cc1Cc1ccc(Cl)cc1)C(=O)N(C1CCCCC1)C2. The van der Waals surface area contributed by atoms with Crippen molar-refractivity contribution in [3.05, 3.63) is 63.4 Å². The molecule has 0 radical (unpaired) electrons. The van der Waals surface area contributed by atoms with Crippen molar-refractivity contribution >= 4 is 17.5 Å². The van der Waals surface area contributed by atoms with E-state index < -0.39 is 0 Å². The number of benzene rings is 1. The van der Waals surface area contributed by atoms with Crippen LogP contribution in [0, 0.1) is 6.92 Å². The summed E-state index contributed by atoms with van der Waals surface area (Å²) < 4.78 is 0. The Morgan fingerprint density at radius 1 is 1.16 bits per heavy atom. The maximum absolute atomic E-state index is 12.9. The Balaban J connectivity index is 1.59. The summed E-state index contributed by atoms with van der Waals surface area (Å²) in [7, 11) is 0. The van der Waals surface area contributed by atoms with Gasteiger partial charge >= 0.3 is 0 Å². The van der Waals surface area contributed by atoms with E-state index in [0.717, 1.165) is 46.8 Å². The Hall–Kier alpha value is -1.87. The quantitative estimate of drug-likeness (QED) is 0.783. The summed E-state index contributed by atoms with van der Waals surface area (Å²) in [4.78, 5) is 19.8. The smallest absolute Gasteiger partial charge is 0.256 e. The molecule has 1 saturated carbocycles. The molecule has 2 aliphatic rings. The van der Waals surface area contributed by atoms with E-state index in [1.54, 1.807) is 0 Å². The van der Waals surface area contributed by atoms with Crippen LogP contribution in [-0.2, 0) is 13.0 Å². The molecule has 1 aliphatic heterocycles. The Morgan fingerprint density at radius 3 is 2.60 bits per heavy atom. The van der Waals surface area contributed by atoms with Gasteiger partial charge in [0.2, 0.25) is 0 Å². The first kappa shape index (κ1) is 16.6. The predicted octanol–water partition coefficient (Wildman–Crippen LogP) is 4.92. The normalized spacial score (nSPS) is 17.8. The van der Waals surface area contributed by atoms with Crippen LogP contribution in [0.3, 0.4) is 0 Å². The summed E-state index contributed by atoms with van der Waals surface area (Å²) in [5.41, 5.74) is 5.09. The van der Waals surface area contributed by atoms with Crippen LogP contribution in [0.2, 0.25) is 5.02 Å². The van der Waals surface area contributed by atoms with Crippen molar-refractivity contribution in [3.63, 3.8) is 0 Å². The van der Waals surface area contributed by atoms with Crippen molar-refractivity contribution in [2.24, 2.45) is 0 Å². The number of fused-ring (bicyclic) bond motifs is 1. The van der Waals surface area contributed by atoms with Crippen molar-refractivity contribution in [1.29, 1.82) is 0 Å². The number of aromatic nitrogens is 1. The number of carbonyl (C=O) groups excluding carboxylic acids is 1. The third-order valence-corrected chi connectivity index (χ3v) is 5.78. The van der Waals surface area contributed by atoms with Gasteiger partial charge in [0.1, 0.15) is 0 Å². The number of carbonyl (C=O) groups is 1. The van der Waals surface area contributed by atoms with Crippen molar-refractivity contribution in [2.75, 3.05) is 0 Å². The highest BCUT2D eigenvalue weighted by Crippen LogP contribution is 2.31. The zero-order valence-corrected chi connectivity index (χ0v) is 15.4. The van der Waals surface area contributed by atoms with E-state index in [0.29, 0.717) is 12.6 Å². The molecule has 0 bridgehead atoms. The van der Waals surface area contributed by atoms with Crippen LogP contribution in [0.15, 0.2) is 30.3 Å². The molecule has 1 aromatic carbocycles. The van der Waals surface area contributed by atoms with Crippen LogP contribution in [0.4, 0.5) is 0 Å². The first-order valence-electron chi connectivity index (χ1n) is 9.16. The first-order chi connectivity index (χ1) is 12.1. The number of pyridine rings is 1. The highest BCUT2D eigenvalue weighted by molar-refractivity contribution is 6.30. The fourth-order valence-corrected chi connectivity index (χ4v) is 4.20. The van der Waals surface area contributed by atoms with Crippen LogP contribution in [0.5, 0.6) is 0 Å². The van der Waals surface area contributed by atoms with Crippen molar-refractivity contribution in [2.45, 2.75) is 58.0 Å².